The van der Waals surface area contributed by atoms with Crippen LogP contribution in [0.15, 0.2) is 0 Å². The quantitative estimate of drug-likeness (QED) is 0.628. The Hall–Kier alpha value is 0.190. The van der Waals surface area contributed by atoms with Crippen molar-refractivity contribution in [3.8, 4) is 0 Å². The van der Waals surface area contributed by atoms with E-state index in [4.69, 9.17) is 0 Å². The second-order valence-corrected chi connectivity index (χ2v) is 6.12. The summed E-state index contributed by atoms with van der Waals surface area (Å²) in [4.78, 5) is 4.85. The van der Waals surface area contributed by atoms with Gasteiger partial charge in [0.1, 0.15) is 0 Å². The molecular formula is C12H27N3OS. The van der Waals surface area contributed by atoms with Crippen LogP contribution < -0.4 is 5.32 Å². The summed E-state index contributed by atoms with van der Waals surface area (Å²) in [6, 6.07) is 0. The summed E-state index contributed by atoms with van der Waals surface area (Å²) < 4.78 is 0. The number of nitrogens with zero attached hydrogens (tertiary/aromatic N) is 2. The molecular weight excluding hydrogens is 234 g/mol. The van der Waals surface area contributed by atoms with Crippen molar-refractivity contribution in [1.29, 1.82) is 0 Å². The van der Waals surface area contributed by atoms with Crippen LogP contribution in [0.5, 0.6) is 0 Å². The van der Waals surface area contributed by atoms with E-state index in [1.165, 1.54) is 26.2 Å². The lowest BCUT2D eigenvalue weighted by molar-refractivity contribution is 0.0829. The monoisotopic (exact) mass is 261 g/mol. The zero-order valence-electron chi connectivity index (χ0n) is 11.4. The maximum absolute atomic E-state index is 9.98. The zero-order chi connectivity index (χ0) is 12.7. The third kappa shape index (κ3) is 6.62. The lowest BCUT2D eigenvalue weighted by Crippen LogP contribution is -2.48. The number of aliphatic hydroxyl groups is 1. The SMILES string of the molecule is CSCC(C)(O)CNCCN1CCN(C)CC1. The average Bonchev–Trinajstić information content (AvgIpc) is 2.27. The number of rotatable bonds is 7. The molecule has 0 aromatic heterocycles. The average molecular weight is 261 g/mol. The predicted molar refractivity (Wildman–Crippen MR) is 75.8 cm³/mol. The van der Waals surface area contributed by atoms with Gasteiger partial charge < -0.3 is 15.3 Å². The second-order valence-electron chi connectivity index (χ2n) is 5.25. The fraction of sp³-hybridized carbons (Fsp3) is 1.00. The molecule has 5 heteroatoms. The Morgan fingerprint density at radius 2 is 1.94 bits per heavy atom. The molecule has 1 saturated heterocycles. The van der Waals surface area contributed by atoms with Crippen LogP contribution in [-0.4, -0.2) is 85.4 Å². The summed E-state index contributed by atoms with van der Waals surface area (Å²) in [5.41, 5.74) is -0.582. The van der Waals surface area contributed by atoms with E-state index in [0.717, 1.165) is 18.8 Å². The van der Waals surface area contributed by atoms with Gasteiger partial charge in [0.15, 0.2) is 0 Å². The molecule has 102 valence electrons. The Bertz CT molecular complexity index is 206. The first-order chi connectivity index (χ1) is 8.03. The minimum absolute atomic E-state index is 0.582. The minimum Gasteiger partial charge on any atom is -0.388 e. The molecule has 2 N–H and O–H groups in total. The Kier molecular flexibility index (Phi) is 6.80. The van der Waals surface area contributed by atoms with Gasteiger partial charge in [-0.1, -0.05) is 0 Å². The van der Waals surface area contributed by atoms with Crippen molar-refractivity contribution in [2.45, 2.75) is 12.5 Å². The number of nitrogens with one attached hydrogen (secondary N) is 1. The number of likely N-dealkylation sites (N-methyl/N-ethyl adjacent to an activating group) is 1. The predicted octanol–water partition coefficient (Wildman–Crippen LogP) is -0.0626. The lowest BCUT2D eigenvalue weighted by Gasteiger charge is -2.32. The van der Waals surface area contributed by atoms with Gasteiger partial charge in [0.25, 0.3) is 0 Å². The standard InChI is InChI=1S/C12H27N3OS/c1-12(16,11-17-3)10-13-4-5-15-8-6-14(2)7-9-15/h13,16H,4-11H2,1-3H3. The van der Waals surface area contributed by atoms with Gasteiger partial charge >= 0.3 is 0 Å². The first-order valence-electron chi connectivity index (χ1n) is 6.36. The third-order valence-corrected chi connectivity index (χ3v) is 4.07. The fourth-order valence-electron chi connectivity index (χ4n) is 2.03. The number of hydrogen-bond donors (Lipinski definition) is 2. The van der Waals surface area contributed by atoms with Crippen LogP contribution in [0.4, 0.5) is 0 Å². The summed E-state index contributed by atoms with van der Waals surface area (Å²) in [6.07, 6.45) is 2.03. The van der Waals surface area contributed by atoms with Crippen molar-refractivity contribution in [2.75, 3.05) is 64.9 Å². The number of thioether (sulfide) groups is 1. The first kappa shape index (κ1) is 15.2. The Balaban J connectivity index is 2.04. The summed E-state index contributed by atoms with van der Waals surface area (Å²) in [6.45, 7) is 9.30. The van der Waals surface area contributed by atoms with E-state index in [0.29, 0.717) is 6.54 Å². The van der Waals surface area contributed by atoms with Crippen molar-refractivity contribution in [2.24, 2.45) is 0 Å². The molecule has 0 aromatic rings. The number of piperazine rings is 1. The van der Waals surface area contributed by atoms with Gasteiger partial charge in [-0.3, -0.25) is 4.90 Å². The van der Waals surface area contributed by atoms with E-state index in [2.05, 4.69) is 22.2 Å². The molecule has 0 radical (unpaired) electrons. The Morgan fingerprint density at radius 3 is 2.53 bits per heavy atom. The highest BCUT2D eigenvalue weighted by molar-refractivity contribution is 7.98. The molecule has 0 bridgehead atoms. The topological polar surface area (TPSA) is 38.7 Å². The zero-order valence-corrected chi connectivity index (χ0v) is 12.2. The molecule has 4 nitrogen and oxygen atoms in total. The Labute approximate surface area is 110 Å². The van der Waals surface area contributed by atoms with E-state index >= 15 is 0 Å². The van der Waals surface area contributed by atoms with Crippen LogP contribution in [0.1, 0.15) is 6.92 Å². The fourth-order valence-corrected chi connectivity index (χ4v) is 2.75. The molecule has 1 unspecified atom stereocenters. The first-order valence-corrected chi connectivity index (χ1v) is 7.76. The van der Waals surface area contributed by atoms with Gasteiger partial charge in [0.05, 0.1) is 5.60 Å². The van der Waals surface area contributed by atoms with Gasteiger partial charge in [-0.15, -0.1) is 0 Å². The van der Waals surface area contributed by atoms with Crippen molar-refractivity contribution in [1.82, 2.24) is 15.1 Å². The van der Waals surface area contributed by atoms with E-state index in [-0.39, 0.29) is 0 Å². The summed E-state index contributed by atoms with van der Waals surface area (Å²) in [5.74, 6) is 0.786. The van der Waals surface area contributed by atoms with Crippen molar-refractivity contribution >= 4 is 11.8 Å². The highest BCUT2D eigenvalue weighted by Gasteiger charge is 2.19. The van der Waals surface area contributed by atoms with E-state index in [9.17, 15) is 5.11 Å². The lowest BCUT2D eigenvalue weighted by atomic mass is 10.1. The molecule has 1 rings (SSSR count). The molecule has 0 saturated carbocycles. The van der Waals surface area contributed by atoms with Gasteiger partial charge in [0, 0.05) is 51.6 Å². The highest BCUT2D eigenvalue weighted by atomic mass is 32.2. The van der Waals surface area contributed by atoms with Crippen LogP contribution >= 0.6 is 11.8 Å². The summed E-state index contributed by atoms with van der Waals surface area (Å²) >= 11 is 1.69. The van der Waals surface area contributed by atoms with Gasteiger partial charge in [-0.05, 0) is 20.2 Å². The van der Waals surface area contributed by atoms with E-state index < -0.39 is 5.60 Å². The molecule has 0 amide bonds. The maximum atomic E-state index is 9.98. The van der Waals surface area contributed by atoms with E-state index in [1.54, 1.807) is 11.8 Å². The van der Waals surface area contributed by atoms with Crippen molar-refractivity contribution in [3.05, 3.63) is 0 Å². The highest BCUT2D eigenvalue weighted by Crippen LogP contribution is 2.08. The molecule has 1 atom stereocenters. The molecule has 0 aliphatic carbocycles. The van der Waals surface area contributed by atoms with Crippen molar-refractivity contribution in [3.63, 3.8) is 0 Å². The van der Waals surface area contributed by atoms with Gasteiger partial charge in [-0.25, -0.2) is 0 Å². The molecule has 17 heavy (non-hydrogen) atoms. The summed E-state index contributed by atoms with van der Waals surface area (Å²) in [5, 5.41) is 13.3. The van der Waals surface area contributed by atoms with Crippen LogP contribution in [0.3, 0.4) is 0 Å². The van der Waals surface area contributed by atoms with Gasteiger partial charge in [0.2, 0.25) is 0 Å². The van der Waals surface area contributed by atoms with Crippen LogP contribution in [0.25, 0.3) is 0 Å². The molecule has 0 aromatic carbocycles. The molecule has 1 heterocycles. The smallest absolute Gasteiger partial charge is 0.0833 e. The molecule has 1 aliphatic rings. The Morgan fingerprint density at radius 1 is 1.29 bits per heavy atom. The van der Waals surface area contributed by atoms with Crippen LogP contribution in [-0.2, 0) is 0 Å². The van der Waals surface area contributed by atoms with Crippen LogP contribution in [0, 0.1) is 0 Å². The largest absolute Gasteiger partial charge is 0.388 e. The minimum atomic E-state index is -0.582. The van der Waals surface area contributed by atoms with Crippen molar-refractivity contribution < 1.29 is 5.11 Å². The molecule has 1 aliphatic heterocycles. The maximum Gasteiger partial charge on any atom is 0.0833 e. The molecule has 1 fully saturated rings. The molecule has 0 spiro atoms. The second kappa shape index (κ2) is 7.59. The van der Waals surface area contributed by atoms with Crippen LogP contribution in [0.2, 0.25) is 0 Å². The normalized spacial score (nSPS) is 22.6. The summed E-state index contributed by atoms with van der Waals surface area (Å²) in [7, 11) is 2.18. The number of hydrogen-bond acceptors (Lipinski definition) is 5. The van der Waals surface area contributed by atoms with E-state index in [1.807, 2.05) is 13.2 Å². The van der Waals surface area contributed by atoms with Gasteiger partial charge in [-0.2, -0.15) is 11.8 Å². The third-order valence-electron chi connectivity index (χ3n) is 3.16.